The number of benzene rings is 1. The predicted octanol–water partition coefficient (Wildman–Crippen LogP) is 3.46. The van der Waals surface area contributed by atoms with Gasteiger partial charge in [-0.2, -0.15) is 0 Å². The molecule has 0 aliphatic carbocycles. The summed E-state index contributed by atoms with van der Waals surface area (Å²) in [6.45, 7) is 11.7. The van der Waals surface area contributed by atoms with Gasteiger partial charge in [0.2, 0.25) is 0 Å². The van der Waals surface area contributed by atoms with Gasteiger partial charge in [-0.3, -0.25) is 0 Å². The molecule has 0 unspecified atom stereocenters. The molecular formula is C18H30N2. The van der Waals surface area contributed by atoms with Crippen molar-refractivity contribution in [3.8, 4) is 0 Å². The van der Waals surface area contributed by atoms with Crippen LogP contribution in [0.2, 0.25) is 0 Å². The van der Waals surface area contributed by atoms with Crippen LogP contribution in [0.25, 0.3) is 0 Å². The molecule has 1 aliphatic rings. The smallest absolute Gasteiger partial charge is 0.0210 e. The van der Waals surface area contributed by atoms with Crippen LogP contribution in [0.4, 0.5) is 0 Å². The van der Waals surface area contributed by atoms with E-state index < -0.39 is 0 Å². The largest absolute Gasteiger partial charge is 0.310 e. The standard InChI is InChI=1S/C18H30N2/c1-4-16-7-5-6-8-17(16)13-19-18-9-11-20(12-10-18)14-15(2)3/h5-8,15,18-19H,4,9-14H2,1-3H3. The Labute approximate surface area is 124 Å². The van der Waals surface area contributed by atoms with E-state index >= 15 is 0 Å². The first-order valence-electron chi connectivity index (χ1n) is 8.21. The van der Waals surface area contributed by atoms with Crippen LogP contribution in [0.3, 0.4) is 0 Å². The fraction of sp³-hybridized carbons (Fsp3) is 0.667. The van der Waals surface area contributed by atoms with Gasteiger partial charge in [0, 0.05) is 19.1 Å². The van der Waals surface area contributed by atoms with Crippen molar-refractivity contribution in [2.75, 3.05) is 19.6 Å². The second-order valence-electron chi connectivity index (χ2n) is 6.47. The van der Waals surface area contributed by atoms with E-state index in [9.17, 15) is 0 Å². The first-order valence-corrected chi connectivity index (χ1v) is 8.21. The second kappa shape index (κ2) is 7.80. The lowest BCUT2D eigenvalue weighted by Gasteiger charge is -2.33. The number of hydrogen-bond acceptors (Lipinski definition) is 2. The SMILES string of the molecule is CCc1ccccc1CNC1CCN(CC(C)C)CC1. The van der Waals surface area contributed by atoms with Gasteiger partial charge in [0.25, 0.3) is 0 Å². The molecule has 1 saturated heterocycles. The number of nitrogens with one attached hydrogen (secondary N) is 1. The molecule has 0 aromatic heterocycles. The van der Waals surface area contributed by atoms with Crippen molar-refractivity contribution in [3.05, 3.63) is 35.4 Å². The highest BCUT2D eigenvalue weighted by atomic mass is 15.1. The van der Waals surface area contributed by atoms with Crippen LogP contribution in [-0.4, -0.2) is 30.6 Å². The van der Waals surface area contributed by atoms with Crippen molar-refractivity contribution in [2.24, 2.45) is 5.92 Å². The molecule has 0 bridgehead atoms. The molecule has 20 heavy (non-hydrogen) atoms. The normalized spacial score (nSPS) is 17.8. The monoisotopic (exact) mass is 274 g/mol. The van der Waals surface area contributed by atoms with E-state index in [1.807, 2.05) is 0 Å². The zero-order chi connectivity index (χ0) is 14.4. The van der Waals surface area contributed by atoms with E-state index in [4.69, 9.17) is 0 Å². The van der Waals surface area contributed by atoms with E-state index in [-0.39, 0.29) is 0 Å². The van der Waals surface area contributed by atoms with Gasteiger partial charge in [-0.05, 0) is 49.4 Å². The van der Waals surface area contributed by atoms with E-state index in [0.717, 1.165) is 18.9 Å². The molecule has 2 heteroatoms. The minimum atomic E-state index is 0.698. The lowest BCUT2D eigenvalue weighted by molar-refractivity contribution is 0.179. The van der Waals surface area contributed by atoms with E-state index in [1.54, 1.807) is 0 Å². The Bertz CT molecular complexity index is 392. The molecule has 0 atom stereocenters. The Hall–Kier alpha value is -0.860. The number of piperidine rings is 1. The van der Waals surface area contributed by atoms with Crippen molar-refractivity contribution in [3.63, 3.8) is 0 Å². The molecule has 0 radical (unpaired) electrons. The fourth-order valence-corrected chi connectivity index (χ4v) is 3.17. The fourth-order valence-electron chi connectivity index (χ4n) is 3.17. The van der Waals surface area contributed by atoms with Crippen molar-refractivity contribution in [1.29, 1.82) is 0 Å². The molecular weight excluding hydrogens is 244 g/mol. The Morgan fingerprint density at radius 3 is 2.40 bits per heavy atom. The molecule has 1 N–H and O–H groups in total. The maximum Gasteiger partial charge on any atom is 0.0210 e. The van der Waals surface area contributed by atoms with Crippen LogP contribution in [0.15, 0.2) is 24.3 Å². The summed E-state index contributed by atoms with van der Waals surface area (Å²) in [4.78, 5) is 2.61. The molecule has 1 aliphatic heterocycles. The second-order valence-corrected chi connectivity index (χ2v) is 6.47. The number of hydrogen-bond donors (Lipinski definition) is 1. The Morgan fingerprint density at radius 1 is 1.15 bits per heavy atom. The van der Waals surface area contributed by atoms with Crippen molar-refractivity contribution < 1.29 is 0 Å². The van der Waals surface area contributed by atoms with Gasteiger partial charge >= 0.3 is 0 Å². The highest BCUT2D eigenvalue weighted by Gasteiger charge is 2.19. The van der Waals surface area contributed by atoms with E-state index in [2.05, 4.69) is 55.3 Å². The van der Waals surface area contributed by atoms with Gasteiger partial charge < -0.3 is 10.2 Å². The molecule has 0 saturated carbocycles. The van der Waals surface area contributed by atoms with Gasteiger partial charge in [-0.1, -0.05) is 45.0 Å². The molecule has 1 heterocycles. The molecule has 2 nitrogen and oxygen atoms in total. The molecule has 2 rings (SSSR count). The quantitative estimate of drug-likeness (QED) is 0.854. The number of nitrogens with zero attached hydrogens (tertiary/aromatic N) is 1. The summed E-state index contributed by atoms with van der Waals surface area (Å²) in [7, 11) is 0. The Kier molecular flexibility index (Phi) is 6.06. The molecule has 1 aromatic rings. The molecule has 0 amide bonds. The minimum absolute atomic E-state index is 0.698. The first-order chi connectivity index (χ1) is 9.69. The van der Waals surface area contributed by atoms with Crippen molar-refractivity contribution in [2.45, 2.75) is 52.6 Å². The zero-order valence-electron chi connectivity index (χ0n) is 13.4. The molecule has 1 fully saturated rings. The lowest BCUT2D eigenvalue weighted by atomic mass is 10.0. The average molecular weight is 274 g/mol. The Morgan fingerprint density at radius 2 is 1.80 bits per heavy atom. The molecule has 112 valence electrons. The van der Waals surface area contributed by atoms with Crippen LogP contribution in [0.5, 0.6) is 0 Å². The van der Waals surface area contributed by atoms with Crippen LogP contribution in [0, 0.1) is 5.92 Å². The van der Waals surface area contributed by atoms with Crippen molar-refractivity contribution in [1.82, 2.24) is 10.2 Å². The average Bonchev–Trinajstić information content (AvgIpc) is 2.46. The zero-order valence-corrected chi connectivity index (χ0v) is 13.4. The van der Waals surface area contributed by atoms with Gasteiger partial charge in [0.05, 0.1) is 0 Å². The van der Waals surface area contributed by atoms with Gasteiger partial charge in [0.1, 0.15) is 0 Å². The summed E-state index contributed by atoms with van der Waals surface area (Å²) in [6, 6.07) is 9.51. The maximum absolute atomic E-state index is 3.76. The van der Waals surface area contributed by atoms with Crippen LogP contribution in [-0.2, 0) is 13.0 Å². The molecule has 1 aromatic carbocycles. The van der Waals surface area contributed by atoms with Crippen LogP contribution in [0.1, 0.15) is 44.7 Å². The third-order valence-electron chi connectivity index (χ3n) is 4.29. The van der Waals surface area contributed by atoms with E-state index in [1.165, 1.54) is 43.6 Å². The van der Waals surface area contributed by atoms with Crippen LogP contribution < -0.4 is 5.32 Å². The third kappa shape index (κ3) is 4.60. The highest BCUT2D eigenvalue weighted by molar-refractivity contribution is 5.26. The topological polar surface area (TPSA) is 15.3 Å². The van der Waals surface area contributed by atoms with Crippen LogP contribution >= 0.6 is 0 Å². The van der Waals surface area contributed by atoms with Gasteiger partial charge in [0.15, 0.2) is 0 Å². The van der Waals surface area contributed by atoms with Gasteiger partial charge in [-0.15, -0.1) is 0 Å². The first kappa shape index (κ1) is 15.5. The van der Waals surface area contributed by atoms with Crippen molar-refractivity contribution >= 4 is 0 Å². The molecule has 0 spiro atoms. The number of aryl methyl sites for hydroxylation is 1. The summed E-state index contributed by atoms with van der Waals surface area (Å²) in [6.07, 6.45) is 3.71. The minimum Gasteiger partial charge on any atom is -0.310 e. The summed E-state index contributed by atoms with van der Waals surface area (Å²) in [5, 5.41) is 3.76. The lowest BCUT2D eigenvalue weighted by Crippen LogP contribution is -2.43. The predicted molar refractivity (Wildman–Crippen MR) is 87.0 cm³/mol. The summed E-state index contributed by atoms with van der Waals surface area (Å²) in [5.74, 6) is 0.788. The highest BCUT2D eigenvalue weighted by Crippen LogP contribution is 2.14. The summed E-state index contributed by atoms with van der Waals surface area (Å²) in [5.41, 5.74) is 2.96. The van der Waals surface area contributed by atoms with Gasteiger partial charge in [-0.25, -0.2) is 0 Å². The third-order valence-corrected chi connectivity index (χ3v) is 4.29. The summed E-state index contributed by atoms with van der Waals surface area (Å²) >= 11 is 0. The Balaban J connectivity index is 1.76. The number of likely N-dealkylation sites (tertiary alicyclic amines) is 1. The van der Waals surface area contributed by atoms with E-state index in [0.29, 0.717) is 6.04 Å². The summed E-state index contributed by atoms with van der Waals surface area (Å²) < 4.78 is 0. The maximum atomic E-state index is 3.76. The number of rotatable bonds is 6.